The lowest BCUT2D eigenvalue weighted by Gasteiger charge is -2.31. The van der Waals surface area contributed by atoms with Gasteiger partial charge in [-0.05, 0) is 55.1 Å². The molecule has 0 aromatic heterocycles. The van der Waals surface area contributed by atoms with Gasteiger partial charge in [-0.2, -0.15) is 0 Å². The number of methoxy groups -OCH3 is 1. The Labute approximate surface area is 149 Å². The normalized spacial score (nSPS) is 18.1. The van der Waals surface area contributed by atoms with Gasteiger partial charge in [-0.25, -0.2) is 0 Å². The third kappa shape index (κ3) is 4.02. The molecule has 0 aliphatic carbocycles. The number of piperidine rings is 1. The van der Waals surface area contributed by atoms with Crippen molar-refractivity contribution in [3.05, 3.63) is 53.6 Å². The number of ether oxygens (including phenoxy) is 1. The number of likely N-dealkylation sites (tertiary alicyclic amines) is 1. The van der Waals surface area contributed by atoms with Crippen LogP contribution in [-0.2, 0) is 11.3 Å². The van der Waals surface area contributed by atoms with E-state index in [4.69, 9.17) is 4.74 Å². The van der Waals surface area contributed by atoms with Crippen LogP contribution in [0.4, 0.5) is 0 Å². The fraction of sp³-hybridized carbons (Fsp3) is 0.381. The summed E-state index contributed by atoms with van der Waals surface area (Å²) in [7, 11) is 1.68. The summed E-state index contributed by atoms with van der Waals surface area (Å²) in [5.41, 5.74) is 4.73. The van der Waals surface area contributed by atoms with Crippen molar-refractivity contribution in [1.29, 1.82) is 0 Å². The summed E-state index contributed by atoms with van der Waals surface area (Å²) in [6.45, 7) is 4.36. The maximum atomic E-state index is 11.3. The summed E-state index contributed by atoms with van der Waals surface area (Å²) >= 11 is 0. The van der Waals surface area contributed by atoms with Crippen molar-refractivity contribution in [3.63, 3.8) is 0 Å². The first-order chi connectivity index (χ1) is 12.1. The molecule has 25 heavy (non-hydrogen) atoms. The smallest absolute Gasteiger partial charge is 0.307 e. The number of aliphatic carboxylic acids is 1. The number of rotatable bonds is 5. The van der Waals surface area contributed by atoms with Gasteiger partial charge < -0.3 is 9.84 Å². The van der Waals surface area contributed by atoms with Crippen LogP contribution in [-0.4, -0.2) is 36.2 Å². The van der Waals surface area contributed by atoms with E-state index in [2.05, 4.69) is 36.1 Å². The maximum Gasteiger partial charge on any atom is 0.307 e. The predicted molar refractivity (Wildman–Crippen MR) is 98.8 cm³/mol. The third-order valence-corrected chi connectivity index (χ3v) is 4.99. The highest BCUT2D eigenvalue weighted by Crippen LogP contribution is 2.30. The van der Waals surface area contributed by atoms with Crippen LogP contribution in [0.3, 0.4) is 0 Å². The van der Waals surface area contributed by atoms with Crippen molar-refractivity contribution < 1.29 is 14.6 Å². The highest BCUT2D eigenvalue weighted by molar-refractivity contribution is 5.70. The molecule has 1 unspecified atom stereocenters. The number of carboxylic acids is 1. The summed E-state index contributed by atoms with van der Waals surface area (Å²) in [6.07, 6.45) is 1.70. The van der Waals surface area contributed by atoms with Gasteiger partial charge in [-0.15, -0.1) is 0 Å². The Kier molecular flexibility index (Phi) is 5.39. The van der Waals surface area contributed by atoms with Crippen LogP contribution in [0.1, 0.15) is 24.0 Å². The summed E-state index contributed by atoms with van der Waals surface area (Å²) in [5.74, 6) is -0.0978. The minimum absolute atomic E-state index is 0.265. The van der Waals surface area contributed by atoms with Crippen LogP contribution in [0, 0.1) is 12.8 Å². The van der Waals surface area contributed by atoms with Crippen LogP contribution >= 0.6 is 0 Å². The zero-order chi connectivity index (χ0) is 17.8. The Hall–Kier alpha value is -2.33. The lowest BCUT2D eigenvalue weighted by molar-refractivity contribution is -0.143. The summed E-state index contributed by atoms with van der Waals surface area (Å²) in [4.78, 5) is 13.5. The molecule has 2 aromatic carbocycles. The molecule has 1 N–H and O–H groups in total. The second kappa shape index (κ2) is 7.70. The number of carbonyl (C=O) groups is 1. The van der Waals surface area contributed by atoms with Gasteiger partial charge in [-0.1, -0.05) is 30.3 Å². The quantitative estimate of drug-likeness (QED) is 0.895. The van der Waals surface area contributed by atoms with Gasteiger partial charge in [0.1, 0.15) is 5.75 Å². The van der Waals surface area contributed by atoms with E-state index in [1.807, 2.05) is 18.2 Å². The fourth-order valence-electron chi connectivity index (χ4n) is 3.61. The molecular weight excluding hydrogens is 314 g/mol. The second-order valence-corrected chi connectivity index (χ2v) is 6.75. The molecule has 1 fully saturated rings. The highest BCUT2D eigenvalue weighted by atomic mass is 16.5. The van der Waals surface area contributed by atoms with Gasteiger partial charge in [0.15, 0.2) is 0 Å². The summed E-state index contributed by atoms with van der Waals surface area (Å²) < 4.78 is 5.54. The Morgan fingerprint density at radius 1 is 1.28 bits per heavy atom. The van der Waals surface area contributed by atoms with E-state index in [0.29, 0.717) is 13.1 Å². The molecule has 132 valence electrons. The molecule has 4 nitrogen and oxygen atoms in total. The number of carboxylic acid groups (broad SMARTS) is 1. The Bertz CT molecular complexity index is 757. The predicted octanol–water partition coefficient (Wildman–Crippen LogP) is 3.97. The zero-order valence-corrected chi connectivity index (χ0v) is 14.9. The lowest BCUT2D eigenvalue weighted by atomic mass is 9.96. The number of benzene rings is 2. The number of nitrogens with zero attached hydrogens (tertiary/aromatic N) is 1. The highest BCUT2D eigenvalue weighted by Gasteiger charge is 2.25. The largest absolute Gasteiger partial charge is 0.496 e. The van der Waals surface area contributed by atoms with Crippen LogP contribution in [0.25, 0.3) is 11.1 Å². The molecule has 0 radical (unpaired) electrons. The number of aryl methyl sites for hydroxylation is 1. The van der Waals surface area contributed by atoms with E-state index in [1.54, 1.807) is 7.11 Å². The molecule has 1 saturated heterocycles. The minimum atomic E-state index is -0.690. The van der Waals surface area contributed by atoms with Crippen molar-refractivity contribution in [2.75, 3.05) is 20.2 Å². The number of hydrogen-bond acceptors (Lipinski definition) is 3. The second-order valence-electron chi connectivity index (χ2n) is 6.75. The van der Waals surface area contributed by atoms with Gasteiger partial charge in [0.25, 0.3) is 0 Å². The van der Waals surface area contributed by atoms with E-state index in [-0.39, 0.29) is 5.92 Å². The van der Waals surface area contributed by atoms with Crippen molar-refractivity contribution in [2.24, 2.45) is 5.92 Å². The Morgan fingerprint density at radius 3 is 2.80 bits per heavy atom. The first kappa shape index (κ1) is 17.5. The molecule has 0 spiro atoms. The van der Waals surface area contributed by atoms with Crippen LogP contribution < -0.4 is 4.74 Å². The molecule has 0 bridgehead atoms. The Morgan fingerprint density at radius 2 is 2.08 bits per heavy atom. The molecular formula is C21H25NO3. The maximum absolute atomic E-state index is 11.3. The standard InChI is InChI=1S/C21H25NO3/c1-15-6-3-4-8-19(15)16-9-10-20(25-2)18(12-16)14-22-11-5-7-17(13-22)21(23)24/h3-4,6,8-10,12,17H,5,7,11,13-14H2,1-2H3,(H,23,24). The van der Waals surface area contributed by atoms with Crippen LogP contribution in [0.5, 0.6) is 5.75 Å². The van der Waals surface area contributed by atoms with Crippen molar-refractivity contribution in [2.45, 2.75) is 26.3 Å². The molecule has 0 saturated carbocycles. The monoisotopic (exact) mass is 339 g/mol. The van der Waals surface area contributed by atoms with Crippen molar-refractivity contribution >= 4 is 5.97 Å². The fourth-order valence-corrected chi connectivity index (χ4v) is 3.61. The third-order valence-electron chi connectivity index (χ3n) is 4.99. The molecule has 3 rings (SSSR count). The van der Waals surface area contributed by atoms with Crippen molar-refractivity contribution in [1.82, 2.24) is 4.90 Å². The van der Waals surface area contributed by atoms with E-state index >= 15 is 0 Å². The van der Waals surface area contributed by atoms with E-state index in [0.717, 1.165) is 30.7 Å². The van der Waals surface area contributed by atoms with Gasteiger partial charge in [0.2, 0.25) is 0 Å². The molecule has 4 heteroatoms. The summed E-state index contributed by atoms with van der Waals surface area (Å²) in [6, 6.07) is 14.6. The molecule has 1 aliphatic heterocycles. The van der Waals surface area contributed by atoms with Gasteiger partial charge in [-0.3, -0.25) is 9.69 Å². The lowest BCUT2D eigenvalue weighted by Crippen LogP contribution is -2.38. The van der Waals surface area contributed by atoms with Crippen LogP contribution in [0.2, 0.25) is 0 Å². The van der Waals surface area contributed by atoms with Crippen LogP contribution in [0.15, 0.2) is 42.5 Å². The molecule has 1 heterocycles. The zero-order valence-electron chi connectivity index (χ0n) is 14.9. The van der Waals surface area contributed by atoms with Gasteiger partial charge in [0.05, 0.1) is 13.0 Å². The molecule has 0 amide bonds. The first-order valence-corrected chi connectivity index (χ1v) is 8.76. The number of hydrogen-bond donors (Lipinski definition) is 1. The van der Waals surface area contributed by atoms with Crippen molar-refractivity contribution in [3.8, 4) is 16.9 Å². The summed E-state index contributed by atoms with van der Waals surface area (Å²) in [5, 5.41) is 9.29. The average Bonchev–Trinajstić information content (AvgIpc) is 2.62. The minimum Gasteiger partial charge on any atom is -0.496 e. The average molecular weight is 339 g/mol. The van der Waals surface area contributed by atoms with E-state index in [9.17, 15) is 9.90 Å². The topological polar surface area (TPSA) is 49.8 Å². The molecule has 1 aliphatic rings. The SMILES string of the molecule is COc1ccc(-c2ccccc2C)cc1CN1CCCC(C(=O)O)C1. The van der Waals surface area contributed by atoms with Gasteiger partial charge >= 0.3 is 5.97 Å². The Balaban J connectivity index is 1.86. The van der Waals surface area contributed by atoms with Gasteiger partial charge in [0, 0.05) is 18.7 Å². The van der Waals surface area contributed by atoms with E-state index in [1.165, 1.54) is 16.7 Å². The molecule has 1 atom stereocenters. The molecule has 2 aromatic rings. The first-order valence-electron chi connectivity index (χ1n) is 8.76. The van der Waals surface area contributed by atoms with E-state index < -0.39 is 5.97 Å².